The Kier molecular flexibility index (Phi) is 5.95. The zero-order valence-corrected chi connectivity index (χ0v) is 24.0. The molecule has 3 fully saturated rings. The number of carbonyl (C=O) groups is 4. The molecule has 2 bridgehead atoms. The number of nitro benzene ring substituents is 2. The molecule has 2 saturated heterocycles. The van der Waals surface area contributed by atoms with E-state index in [1.54, 1.807) is 0 Å². The molecule has 4 aliphatic carbocycles. The average molecular weight is 617 g/mol. The Hall–Kier alpha value is -5.78. The van der Waals surface area contributed by atoms with Crippen molar-refractivity contribution in [1.82, 2.24) is 0 Å². The molecule has 0 aromatic heterocycles. The van der Waals surface area contributed by atoms with Gasteiger partial charge in [-0.1, -0.05) is 60.2 Å². The fourth-order valence-corrected chi connectivity index (χ4v) is 8.52. The van der Waals surface area contributed by atoms with Crippen LogP contribution in [0.4, 0.5) is 22.7 Å². The van der Waals surface area contributed by atoms with Crippen LogP contribution in [-0.4, -0.2) is 33.5 Å². The molecular weight excluding hydrogens is 592 g/mol. The number of anilines is 2. The van der Waals surface area contributed by atoms with Gasteiger partial charge in [-0.2, -0.15) is 0 Å². The molecule has 4 amide bonds. The number of hydrogen-bond acceptors (Lipinski definition) is 8. The molecule has 0 unspecified atom stereocenters. The van der Waals surface area contributed by atoms with Crippen LogP contribution >= 0.6 is 0 Å². The average Bonchev–Trinajstić information content (AvgIpc) is 3.49. The van der Waals surface area contributed by atoms with Crippen molar-refractivity contribution >= 4 is 52.0 Å². The third-order valence-corrected chi connectivity index (χ3v) is 10.2. The van der Waals surface area contributed by atoms with Crippen molar-refractivity contribution < 1.29 is 29.0 Å². The van der Waals surface area contributed by atoms with Crippen LogP contribution in [0.3, 0.4) is 0 Å². The molecule has 2 heterocycles. The highest BCUT2D eigenvalue weighted by molar-refractivity contribution is 6.25. The minimum atomic E-state index is -0.845. The molecule has 0 N–H and O–H groups in total. The highest BCUT2D eigenvalue weighted by atomic mass is 16.6. The zero-order chi connectivity index (χ0) is 32.0. The minimum Gasteiger partial charge on any atom is -0.274 e. The van der Waals surface area contributed by atoms with Gasteiger partial charge in [0.1, 0.15) is 0 Å². The third kappa shape index (κ3) is 3.73. The number of nitro groups is 2. The van der Waals surface area contributed by atoms with Gasteiger partial charge < -0.3 is 0 Å². The standard InChI is InChI=1S/C34H24N4O8/c39-31-25-16-24(17-6-2-1-3-7-17)26-22-12-13-23(27(26)30(25)34(42)35(31)18-8-4-10-20(14-18)37(43)44)29-28(22)32(40)36(33(29)41)19-9-5-11-21(15-19)38(45)46/h1-15,22-23,25,27-30H,16H2/t22-,23-,25-,27+,28-,29+,30-/m1/s1. The maximum Gasteiger partial charge on any atom is 0.271 e. The quantitative estimate of drug-likeness (QED) is 0.172. The molecule has 2 aliphatic heterocycles. The highest BCUT2D eigenvalue weighted by Gasteiger charge is 2.67. The molecule has 0 radical (unpaired) electrons. The van der Waals surface area contributed by atoms with Gasteiger partial charge in [0.05, 0.1) is 44.9 Å². The summed E-state index contributed by atoms with van der Waals surface area (Å²) in [5.41, 5.74) is 2.26. The Morgan fingerprint density at radius 2 is 1.17 bits per heavy atom. The summed E-state index contributed by atoms with van der Waals surface area (Å²) in [4.78, 5) is 80.5. The Morgan fingerprint density at radius 1 is 0.609 bits per heavy atom. The summed E-state index contributed by atoms with van der Waals surface area (Å²) < 4.78 is 0. The van der Waals surface area contributed by atoms with Gasteiger partial charge >= 0.3 is 0 Å². The molecule has 7 atom stereocenters. The number of fused-ring (bicyclic) bond motifs is 1. The number of nitrogens with zero attached hydrogens (tertiary/aromatic N) is 4. The number of rotatable bonds is 5. The summed E-state index contributed by atoms with van der Waals surface area (Å²) in [5.74, 6) is -6.84. The van der Waals surface area contributed by atoms with Gasteiger partial charge in [0.25, 0.3) is 11.4 Å². The van der Waals surface area contributed by atoms with E-state index in [-0.39, 0.29) is 29.2 Å². The van der Waals surface area contributed by atoms with Crippen LogP contribution in [0.5, 0.6) is 0 Å². The molecule has 228 valence electrons. The molecule has 3 aromatic carbocycles. The van der Waals surface area contributed by atoms with E-state index in [2.05, 4.69) is 0 Å². The van der Waals surface area contributed by atoms with Gasteiger partial charge in [0.2, 0.25) is 23.6 Å². The van der Waals surface area contributed by atoms with Crippen molar-refractivity contribution in [3.63, 3.8) is 0 Å². The molecule has 12 heteroatoms. The lowest BCUT2D eigenvalue weighted by molar-refractivity contribution is -0.385. The van der Waals surface area contributed by atoms with Gasteiger partial charge in [0.15, 0.2) is 0 Å². The number of benzene rings is 3. The van der Waals surface area contributed by atoms with Crippen LogP contribution in [0, 0.1) is 61.7 Å². The zero-order valence-electron chi connectivity index (χ0n) is 24.0. The first kappa shape index (κ1) is 27.7. The summed E-state index contributed by atoms with van der Waals surface area (Å²) >= 11 is 0. The maximum atomic E-state index is 14.3. The van der Waals surface area contributed by atoms with E-state index >= 15 is 0 Å². The van der Waals surface area contributed by atoms with Crippen LogP contribution in [0.2, 0.25) is 0 Å². The molecule has 0 spiro atoms. The van der Waals surface area contributed by atoms with Crippen molar-refractivity contribution in [3.05, 3.63) is 122 Å². The monoisotopic (exact) mass is 616 g/mol. The normalized spacial score (nSPS) is 29.3. The lowest BCUT2D eigenvalue weighted by atomic mass is 9.49. The molecule has 6 aliphatic rings. The molecule has 9 rings (SSSR count). The first-order valence-corrected chi connectivity index (χ1v) is 14.9. The second-order valence-electron chi connectivity index (χ2n) is 12.3. The van der Waals surface area contributed by atoms with Crippen molar-refractivity contribution in [3.8, 4) is 0 Å². The fraction of sp³-hybridized carbons (Fsp3) is 0.235. The van der Waals surface area contributed by atoms with E-state index in [4.69, 9.17) is 0 Å². The van der Waals surface area contributed by atoms with E-state index in [0.717, 1.165) is 26.5 Å². The smallest absolute Gasteiger partial charge is 0.271 e. The fourth-order valence-electron chi connectivity index (χ4n) is 8.52. The summed E-state index contributed by atoms with van der Waals surface area (Å²) in [6.45, 7) is 0. The van der Waals surface area contributed by atoms with Gasteiger partial charge in [-0.3, -0.25) is 39.4 Å². The number of imide groups is 2. The van der Waals surface area contributed by atoms with Gasteiger partial charge in [-0.25, -0.2) is 9.80 Å². The van der Waals surface area contributed by atoms with E-state index in [0.29, 0.717) is 0 Å². The van der Waals surface area contributed by atoms with Crippen LogP contribution in [-0.2, 0) is 19.2 Å². The Bertz CT molecular complexity index is 1990. The Balaban J connectivity index is 1.26. The Labute approximate surface area is 260 Å². The number of non-ortho nitro benzene ring substituents is 2. The molecule has 1 saturated carbocycles. The lowest BCUT2D eigenvalue weighted by Crippen LogP contribution is -2.51. The van der Waals surface area contributed by atoms with E-state index < -0.39 is 74.9 Å². The van der Waals surface area contributed by atoms with Crippen LogP contribution in [0.25, 0.3) is 5.57 Å². The van der Waals surface area contributed by atoms with Gasteiger partial charge in [-0.15, -0.1) is 0 Å². The summed E-state index contributed by atoms with van der Waals surface area (Å²) in [7, 11) is 0. The maximum absolute atomic E-state index is 14.3. The molecule has 3 aromatic rings. The third-order valence-electron chi connectivity index (χ3n) is 10.2. The second-order valence-corrected chi connectivity index (χ2v) is 12.3. The summed E-state index contributed by atoms with van der Waals surface area (Å²) in [6.07, 6.45) is 4.02. The SMILES string of the molecule is O=C1[C@H]2[C@@H]3C=C[C@H](C4=C(c5ccccc5)C[C@H]5C(=O)N(c6cccc([N+](=O)[O-])c6)C(=O)[C@H]5[C@H]43)[C@H]2C(=O)N1c1cccc([N+](=O)[O-])c1. The van der Waals surface area contributed by atoms with E-state index in [9.17, 15) is 39.4 Å². The van der Waals surface area contributed by atoms with Crippen molar-refractivity contribution in [2.45, 2.75) is 6.42 Å². The van der Waals surface area contributed by atoms with Crippen LogP contribution in [0.15, 0.2) is 96.6 Å². The molecular formula is C34H24N4O8. The number of hydrogen-bond donors (Lipinski definition) is 0. The van der Waals surface area contributed by atoms with Gasteiger partial charge in [0, 0.05) is 36.1 Å². The number of allylic oxidation sites excluding steroid dienone is 4. The summed E-state index contributed by atoms with van der Waals surface area (Å²) in [6, 6.07) is 20.3. The number of amides is 4. The van der Waals surface area contributed by atoms with E-state index in [1.807, 2.05) is 42.5 Å². The highest BCUT2D eigenvalue weighted by Crippen LogP contribution is 2.63. The molecule has 12 nitrogen and oxygen atoms in total. The van der Waals surface area contributed by atoms with Crippen LogP contribution < -0.4 is 9.80 Å². The summed E-state index contributed by atoms with van der Waals surface area (Å²) in [5, 5.41) is 23.0. The minimum absolute atomic E-state index is 0.111. The largest absolute Gasteiger partial charge is 0.274 e. The first-order chi connectivity index (χ1) is 22.2. The topological polar surface area (TPSA) is 161 Å². The number of carbonyl (C=O) groups excluding carboxylic acids is 4. The predicted octanol–water partition coefficient (Wildman–Crippen LogP) is 4.70. The second kappa shape index (κ2) is 9.86. The first-order valence-electron chi connectivity index (χ1n) is 14.9. The van der Waals surface area contributed by atoms with Crippen LogP contribution in [0.1, 0.15) is 12.0 Å². The van der Waals surface area contributed by atoms with E-state index in [1.165, 1.54) is 48.5 Å². The van der Waals surface area contributed by atoms with Crippen molar-refractivity contribution in [2.24, 2.45) is 41.4 Å². The Morgan fingerprint density at radius 3 is 1.78 bits per heavy atom. The lowest BCUT2D eigenvalue weighted by Gasteiger charge is -2.51. The molecule has 46 heavy (non-hydrogen) atoms. The van der Waals surface area contributed by atoms with Gasteiger partial charge in [-0.05, 0) is 35.6 Å². The van der Waals surface area contributed by atoms with Crippen molar-refractivity contribution in [1.29, 1.82) is 0 Å². The predicted molar refractivity (Wildman–Crippen MR) is 163 cm³/mol. The van der Waals surface area contributed by atoms with Crippen molar-refractivity contribution in [2.75, 3.05) is 9.80 Å².